The summed E-state index contributed by atoms with van der Waals surface area (Å²) < 4.78 is 20.3. The number of halogens is 1. The molecule has 1 saturated heterocycles. The van der Waals surface area contributed by atoms with Gasteiger partial charge in [-0.3, -0.25) is 4.90 Å². The molecule has 2 fully saturated rings. The quantitative estimate of drug-likeness (QED) is 0.529. The number of ether oxygens (including phenoxy) is 1. The van der Waals surface area contributed by atoms with Crippen LogP contribution in [-0.4, -0.2) is 40.7 Å². The minimum absolute atomic E-state index is 0.200. The molecule has 5 nitrogen and oxygen atoms in total. The molecule has 1 saturated carbocycles. The number of carbonyl (C=O) groups is 1. The van der Waals surface area contributed by atoms with E-state index in [0.717, 1.165) is 12.8 Å². The van der Waals surface area contributed by atoms with E-state index >= 15 is 0 Å². The first kappa shape index (κ1) is 20.0. The van der Waals surface area contributed by atoms with Crippen LogP contribution in [0.4, 0.5) is 9.18 Å². The molecule has 2 aliphatic rings. The van der Waals surface area contributed by atoms with Crippen molar-refractivity contribution >= 4 is 25.2 Å². The molecule has 1 aliphatic heterocycles. The van der Waals surface area contributed by atoms with E-state index in [2.05, 4.69) is 41.1 Å². The fourth-order valence-electron chi connectivity index (χ4n) is 3.86. The number of rotatable bonds is 1. The summed E-state index contributed by atoms with van der Waals surface area (Å²) in [6.07, 6.45) is 1.50. The number of H-pyrrole nitrogens is 1. The lowest BCUT2D eigenvalue weighted by atomic mass is 10.1. The molecule has 1 aromatic heterocycles. The number of carbonyl (C=O) groups excluding carboxylic acids is 1. The molecule has 2 aromatic rings. The molecule has 0 radical (unpaired) electrons. The van der Waals surface area contributed by atoms with Gasteiger partial charge in [-0.2, -0.15) is 0 Å². The van der Waals surface area contributed by atoms with Gasteiger partial charge in [-0.25, -0.2) is 14.2 Å². The van der Waals surface area contributed by atoms with E-state index < -0.39 is 13.7 Å². The molecule has 1 N–H and O–H groups in total. The van der Waals surface area contributed by atoms with Gasteiger partial charge in [-0.05, 0) is 51.7 Å². The molecule has 1 unspecified atom stereocenters. The van der Waals surface area contributed by atoms with Gasteiger partial charge in [0.05, 0.1) is 11.6 Å². The summed E-state index contributed by atoms with van der Waals surface area (Å²) in [5.74, 6) is 3.82. The van der Waals surface area contributed by atoms with E-state index in [4.69, 9.17) is 4.74 Å². The van der Waals surface area contributed by atoms with Gasteiger partial charge in [0.25, 0.3) is 0 Å². The summed E-state index contributed by atoms with van der Waals surface area (Å²) >= 11 is 0. The third-order valence-electron chi connectivity index (χ3n) is 5.17. The Morgan fingerprint density at radius 1 is 1.31 bits per heavy atom. The second kappa shape index (κ2) is 6.59. The highest BCUT2D eigenvalue weighted by Crippen LogP contribution is 2.53. The molecule has 29 heavy (non-hydrogen) atoms. The number of fused-ring (bicyclic) bond motifs is 2. The van der Waals surface area contributed by atoms with Crippen molar-refractivity contribution < 1.29 is 13.9 Å². The predicted octanol–water partition coefficient (Wildman–Crippen LogP) is 5.00. The summed E-state index contributed by atoms with van der Waals surface area (Å²) in [6, 6.07) is 3.26. The van der Waals surface area contributed by atoms with Gasteiger partial charge in [0.2, 0.25) is 0 Å². The Hall–Kier alpha value is -2.33. The van der Waals surface area contributed by atoms with Gasteiger partial charge in [0, 0.05) is 11.6 Å². The third kappa shape index (κ3) is 4.18. The minimum atomic E-state index is -1.56. The van der Waals surface area contributed by atoms with E-state index in [9.17, 15) is 9.18 Å². The van der Waals surface area contributed by atoms with Crippen LogP contribution < -0.4 is 0 Å². The van der Waals surface area contributed by atoms with Gasteiger partial charge >= 0.3 is 6.09 Å². The molecule has 3 atom stereocenters. The molecule has 1 aliphatic carbocycles. The highest BCUT2D eigenvalue weighted by Gasteiger charge is 2.56. The zero-order valence-electron chi connectivity index (χ0n) is 17.9. The largest absolute Gasteiger partial charge is 0.444 e. The average Bonchev–Trinajstić information content (AvgIpc) is 3.02. The van der Waals surface area contributed by atoms with Crippen molar-refractivity contribution in [1.29, 1.82) is 0 Å². The molecule has 154 valence electrons. The van der Waals surface area contributed by atoms with Crippen molar-refractivity contribution in [2.75, 3.05) is 0 Å². The van der Waals surface area contributed by atoms with Crippen LogP contribution in [0, 0.1) is 23.2 Å². The molecule has 0 bridgehead atoms. The van der Waals surface area contributed by atoms with Crippen LogP contribution in [0.1, 0.15) is 51.0 Å². The van der Waals surface area contributed by atoms with Gasteiger partial charge in [0.15, 0.2) is 0 Å². The van der Waals surface area contributed by atoms with Crippen molar-refractivity contribution in [3.05, 3.63) is 29.3 Å². The number of nitrogens with one attached hydrogen (secondary N) is 1. The van der Waals surface area contributed by atoms with Crippen LogP contribution in [0.5, 0.6) is 0 Å². The number of hydrogen-bond acceptors (Lipinski definition) is 3. The second-order valence-corrected chi connectivity index (χ2v) is 14.9. The van der Waals surface area contributed by atoms with Crippen LogP contribution in [0.25, 0.3) is 11.0 Å². The SMILES string of the molecule is CC(C)(C)OC(=O)N1C2C[C@@H]2C[C@H]1c1nc2cc(C#C[Si](C)(C)C)cc(F)c2[nH]1. The molecule has 1 aromatic carbocycles. The van der Waals surface area contributed by atoms with Crippen LogP contribution in [0.2, 0.25) is 19.6 Å². The normalized spacial score (nSPS) is 23.6. The van der Waals surface area contributed by atoms with Crippen LogP contribution in [0.15, 0.2) is 12.1 Å². The first-order valence-electron chi connectivity index (χ1n) is 10.1. The van der Waals surface area contributed by atoms with Crippen LogP contribution in [0.3, 0.4) is 0 Å². The van der Waals surface area contributed by atoms with Crippen molar-refractivity contribution in [2.45, 2.75) is 70.9 Å². The van der Waals surface area contributed by atoms with Crippen LogP contribution >= 0.6 is 0 Å². The first-order chi connectivity index (χ1) is 13.4. The number of piperidine rings is 1. The maximum absolute atomic E-state index is 14.7. The summed E-state index contributed by atoms with van der Waals surface area (Å²) in [6.45, 7) is 12.0. The summed E-state index contributed by atoms with van der Waals surface area (Å²) in [5, 5.41) is 0. The Balaban J connectivity index is 1.66. The third-order valence-corrected chi connectivity index (χ3v) is 6.04. The number of imidazole rings is 1. The Labute approximate surface area is 172 Å². The van der Waals surface area contributed by atoms with Crippen LogP contribution in [-0.2, 0) is 4.74 Å². The minimum Gasteiger partial charge on any atom is -0.444 e. The monoisotopic (exact) mass is 413 g/mol. The summed E-state index contributed by atoms with van der Waals surface area (Å²) in [7, 11) is -1.56. The number of aromatic amines is 1. The zero-order valence-corrected chi connectivity index (χ0v) is 18.9. The Morgan fingerprint density at radius 2 is 2.03 bits per heavy atom. The number of hydrogen-bond donors (Lipinski definition) is 1. The Bertz CT molecular complexity index is 1040. The Kier molecular flexibility index (Phi) is 4.54. The lowest BCUT2D eigenvalue weighted by Crippen LogP contribution is -2.38. The number of nitrogens with zero attached hydrogens (tertiary/aromatic N) is 2. The van der Waals surface area contributed by atoms with Gasteiger partial charge in [-0.15, -0.1) is 5.54 Å². The van der Waals surface area contributed by atoms with Gasteiger partial charge in [0.1, 0.15) is 30.8 Å². The number of aromatic nitrogens is 2. The van der Waals surface area contributed by atoms with Crippen molar-refractivity contribution in [1.82, 2.24) is 14.9 Å². The molecule has 4 rings (SSSR count). The van der Waals surface area contributed by atoms with Crippen molar-refractivity contribution in [3.63, 3.8) is 0 Å². The average molecular weight is 414 g/mol. The summed E-state index contributed by atoms with van der Waals surface area (Å²) in [4.78, 5) is 22.3. The lowest BCUT2D eigenvalue weighted by Gasteiger charge is -2.29. The number of likely N-dealkylation sites (tertiary alicyclic amines) is 1. The van der Waals surface area contributed by atoms with E-state index in [-0.39, 0.29) is 24.0 Å². The number of benzene rings is 1. The zero-order chi connectivity index (χ0) is 21.1. The molecule has 1 amide bonds. The smallest absolute Gasteiger partial charge is 0.411 e. The second-order valence-electron chi connectivity index (χ2n) is 10.2. The fraction of sp³-hybridized carbons (Fsp3) is 0.545. The summed E-state index contributed by atoms with van der Waals surface area (Å²) in [5.41, 5.74) is 4.25. The van der Waals surface area contributed by atoms with E-state index in [1.807, 2.05) is 26.8 Å². The fourth-order valence-corrected chi connectivity index (χ4v) is 4.38. The lowest BCUT2D eigenvalue weighted by molar-refractivity contribution is 0.0175. The highest BCUT2D eigenvalue weighted by molar-refractivity contribution is 6.83. The topological polar surface area (TPSA) is 58.2 Å². The highest BCUT2D eigenvalue weighted by atomic mass is 28.3. The Morgan fingerprint density at radius 3 is 2.69 bits per heavy atom. The molecular weight excluding hydrogens is 385 g/mol. The van der Waals surface area contributed by atoms with E-state index in [1.54, 1.807) is 4.90 Å². The van der Waals surface area contributed by atoms with Crippen molar-refractivity contribution in [3.8, 4) is 11.5 Å². The number of amides is 1. The van der Waals surface area contributed by atoms with Crippen molar-refractivity contribution in [2.24, 2.45) is 5.92 Å². The van der Waals surface area contributed by atoms with Gasteiger partial charge < -0.3 is 9.72 Å². The molecule has 7 heteroatoms. The van der Waals surface area contributed by atoms with E-state index in [1.165, 1.54) is 6.07 Å². The maximum atomic E-state index is 14.7. The van der Waals surface area contributed by atoms with Gasteiger partial charge in [-0.1, -0.05) is 25.6 Å². The maximum Gasteiger partial charge on any atom is 0.411 e. The standard InChI is InChI=1S/C22H28FN3O2Si/c1-22(2,3)28-21(27)26-17-11-14(17)12-18(26)20-24-16-10-13(7-8-29(4,5)6)9-15(23)19(16)25-20/h9-10,14,17-18H,11-12H2,1-6H3,(H,24,25)/t14-,17?,18+/m1/s1. The molecule has 0 spiro atoms. The first-order valence-corrected chi connectivity index (χ1v) is 13.6. The van der Waals surface area contributed by atoms with E-state index in [0.29, 0.717) is 28.3 Å². The molecular formula is C22H28FN3O2Si. The predicted molar refractivity (Wildman–Crippen MR) is 114 cm³/mol. The molecule has 2 heterocycles.